The summed E-state index contributed by atoms with van der Waals surface area (Å²) in [7, 11) is 0. The van der Waals surface area contributed by atoms with Gasteiger partial charge in [-0.25, -0.2) is 4.39 Å². The van der Waals surface area contributed by atoms with Gasteiger partial charge >= 0.3 is 0 Å². The molecule has 0 aromatic heterocycles. The smallest absolute Gasteiger partial charge is 0.127 e. The molecule has 1 aliphatic rings. The molecule has 0 amide bonds. The van der Waals surface area contributed by atoms with Crippen molar-refractivity contribution in [3.8, 4) is 5.75 Å². The molecule has 0 atom stereocenters. The summed E-state index contributed by atoms with van der Waals surface area (Å²) in [6.45, 7) is 5.96. The fourth-order valence-electron chi connectivity index (χ4n) is 2.67. The number of hydrogen-bond donors (Lipinski definition) is 1. The number of rotatable bonds is 6. The molecule has 3 heteroatoms. The van der Waals surface area contributed by atoms with Gasteiger partial charge in [0.1, 0.15) is 11.6 Å². The molecule has 2 nitrogen and oxygen atoms in total. The van der Waals surface area contributed by atoms with Gasteiger partial charge < -0.3 is 10.1 Å². The van der Waals surface area contributed by atoms with E-state index in [1.54, 1.807) is 6.07 Å². The number of benzene rings is 1. The average molecular weight is 279 g/mol. The minimum Gasteiger partial charge on any atom is -0.490 e. The molecule has 0 aliphatic heterocycles. The van der Waals surface area contributed by atoms with Crippen molar-refractivity contribution >= 4 is 0 Å². The largest absolute Gasteiger partial charge is 0.490 e. The first kappa shape index (κ1) is 15.3. The molecule has 0 unspecified atom stereocenters. The van der Waals surface area contributed by atoms with Gasteiger partial charge in [-0.2, -0.15) is 0 Å². The standard InChI is InChI=1S/C17H26FNO/c1-13(2)11-19-12-14-8-15(18)10-17(9-14)20-16-6-4-3-5-7-16/h8-10,13,16,19H,3-7,11-12H2,1-2H3. The number of ether oxygens (including phenoxy) is 1. The minimum absolute atomic E-state index is 0.209. The van der Waals surface area contributed by atoms with Gasteiger partial charge in [0.15, 0.2) is 0 Å². The van der Waals surface area contributed by atoms with Crippen molar-refractivity contribution in [3.63, 3.8) is 0 Å². The van der Waals surface area contributed by atoms with Crippen LogP contribution in [0.25, 0.3) is 0 Å². The highest BCUT2D eigenvalue weighted by molar-refractivity contribution is 5.29. The zero-order valence-electron chi connectivity index (χ0n) is 12.6. The Hall–Kier alpha value is -1.09. The third-order valence-electron chi connectivity index (χ3n) is 3.67. The van der Waals surface area contributed by atoms with Crippen LogP contribution in [0.1, 0.15) is 51.5 Å². The first-order valence-electron chi connectivity index (χ1n) is 7.80. The van der Waals surface area contributed by atoms with Crippen molar-refractivity contribution in [2.75, 3.05) is 6.54 Å². The van der Waals surface area contributed by atoms with E-state index in [0.717, 1.165) is 24.9 Å². The van der Waals surface area contributed by atoms with Crippen LogP contribution in [0.5, 0.6) is 5.75 Å². The van der Waals surface area contributed by atoms with E-state index in [0.29, 0.717) is 18.2 Å². The highest BCUT2D eigenvalue weighted by Gasteiger charge is 2.15. The Morgan fingerprint density at radius 2 is 1.95 bits per heavy atom. The molecule has 0 heterocycles. The molecule has 1 aliphatic carbocycles. The molecular formula is C17H26FNO. The molecule has 1 saturated carbocycles. The zero-order chi connectivity index (χ0) is 14.4. The van der Waals surface area contributed by atoms with E-state index in [-0.39, 0.29) is 11.9 Å². The monoisotopic (exact) mass is 279 g/mol. The molecule has 0 bridgehead atoms. The van der Waals surface area contributed by atoms with Crippen molar-refractivity contribution in [1.29, 1.82) is 0 Å². The van der Waals surface area contributed by atoms with E-state index < -0.39 is 0 Å². The number of hydrogen-bond acceptors (Lipinski definition) is 2. The van der Waals surface area contributed by atoms with Crippen LogP contribution in [0.4, 0.5) is 4.39 Å². The van der Waals surface area contributed by atoms with Gasteiger partial charge in [-0.15, -0.1) is 0 Å². The Balaban J connectivity index is 1.93. The van der Waals surface area contributed by atoms with Crippen LogP contribution in [0.2, 0.25) is 0 Å². The number of nitrogens with one attached hydrogen (secondary N) is 1. The van der Waals surface area contributed by atoms with E-state index >= 15 is 0 Å². The fraction of sp³-hybridized carbons (Fsp3) is 0.647. The summed E-state index contributed by atoms with van der Waals surface area (Å²) in [6, 6.07) is 5.05. The lowest BCUT2D eigenvalue weighted by Crippen LogP contribution is -2.21. The highest BCUT2D eigenvalue weighted by atomic mass is 19.1. The summed E-state index contributed by atoms with van der Waals surface area (Å²) in [5.74, 6) is 1.07. The predicted molar refractivity (Wildman–Crippen MR) is 80.4 cm³/mol. The first-order valence-corrected chi connectivity index (χ1v) is 7.80. The third kappa shape index (κ3) is 5.12. The predicted octanol–water partition coefficient (Wildman–Crippen LogP) is 4.28. The molecule has 112 valence electrons. The van der Waals surface area contributed by atoms with E-state index in [9.17, 15) is 4.39 Å². The van der Waals surface area contributed by atoms with Gasteiger partial charge in [0.05, 0.1) is 6.10 Å². The lowest BCUT2D eigenvalue weighted by atomic mass is 9.98. The van der Waals surface area contributed by atoms with Gasteiger partial charge in [-0.1, -0.05) is 20.3 Å². The third-order valence-corrected chi connectivity index (χ3v) is 3.67. The fourth-order valence-corrected chi connectivity index (χ4v) is 2.67. The van der Waals surface area contributed by atoms with Crippen molar-refractivity contribution in [1.82, 2.24) is 5.32 Å². The van der Waals surface area contributed by atoms with Gasteiger partial charge in [0, 0.05) is 12.6 Å². The van der Waals surface area contributed by atoms with Crippen LogP contribution < -0.4 is 10.1 Å². The molecule has 0 radical (unpaired) electrons. The second-order valence-corrected chi connectivity index (χ2v) is 6.20. The van der Waals surface area contributed by atoms with Crippen molar-refractivity contribution in [2.24, 2.45) is 5.92 Å². The van der Waals surface area contributed by atoms with Crippen LogP contribution in [0.3, 0.4) is 0 Å². The van der Waals surface area contributed by atoms with Gasteiger partial charge in [0.2, 0.25) is 0 Å². The Morgan fingerprint density at radius 3 is 2.65 bits per heavy atom. The van der Waals surface area contributed by atoms with Crippen molar-refractivity contribution in [3.05, 3.63) is 29.6 Å². The van der Waals surface area contributed by atoms with Crippen molar-refractivity contribution < 1.29 is 9.13 Å². The summed E-state index contributed by atoms with van der Waals surface area (Å²) in [5.41, 5.74) is 0.955. The van der Waals surface area contributed by atoms with Crippen molar-refractivity contribution in [2.45, 2.75) is 58.6 Å². The SMILES string of the molecule is CC(C)CNCc1cc(F)cc(OC2CCCCC2)c1. The Bertz CT molecular complexity index is 413. The van der Waals surface area contributed by atoms with Crippen LogP contribution in [-0.2, 0) is 6.54 Å². The van der Waals surface area contributed by atoms with E-state index in [1.165, 1.54) is 25.3 Å². The zero-order valence-corrected chi connectivity index (χ0v) is 12.6. The second kappa shape index (κ2) is 7.63. The first-order chi connectivity index (χ1) is 9.63. The van der Waals surface area contributed by atoms with E-state index in [1.807, 2.05) is 6.07 Å². The van der Waals surface area contributed by atoms with Crippen LogP contribution in [0.15, 0.2) is 18.2 Å². The average Bonchev–Trinajstić information content (AvgIpc) is 2.38. The quantitative estimate of drug-likeness (QED) is 0.839. The van der Waals surface area contributed by atoms with E-state index in [2.05, 4.69) is 19.2 Å². The van der Waals surface area contributed by atoms with Gasteiger partial charge in [0.25, 0.3) is 0 Å². The summed E-state index contributed by atoms with van der Waals surface area (Å²) < 4.78 is 19.6. The lowest BCUT2D eigenvalue weighted by molar-refractivity contribution is 0.154. The summed E-state index contributed by atoms with van der Waals surface area (Å²) in [4.78, 5) is 0. The molecular weight excluding hydrogens is 253 g/mol. The topological polar surface area (TPSA) is 21.3 Å². The number of halogens is 1. The summed E-state index contributed by atoms with van der Waals surface area (Å²) >= 11 is 0. The molecule has 1 fully saturated rings. The molecule has 1 N–H and O–H groups in total. The van der Waals surface area contributed by atoms with Gasteiger partial charge in [-0.3, -0.25) is 0 Å². The normalized spacial score (nSPS) is 16.6. The Kier molecular flexibility index (Phi) is 5.84. The lowest BCUT2D eigenvalue weighted by Gasteiger charge is -2.23. The summed E-state index contributed by atoms with van der Waals surface area (Å²) in [5, 5.41) is 3.34. The summed E-state index contributed by atoms with van der Waals surface area (Å²) in [6.07, 6.45) is 6.20. The maximum Gasteiger partial charge on any atom is 0.127 e. The van der Waals surface area contributed by atoms with Crippen LogP contribution >= 0.6 is 0 Å². The Labute approximate surface area is 121 Å². The van der Waals surface area contributed by atoms with E-state index in [4.69, 9.17) is 4.74 Å². The van der Waals surface area contributed by atoms with Crippen LogP contribution in [-0.4, -0.2) is 12.6 Å². The molecule has 0 saturated heterocycles. The molecule has 0 spiro atoms. The van der Waals surface area contributed by atoms with Gasteiger partial charge in [-0.05, 0) is 55.8 Å². The Morgan fingerprint density at radius 1 is 1.20 bits per heavy atom. The minimum atomic E-state index is -0.209. The second-order valence-electron chi connectivity index (χ2n) is 6.20. The molecule has 1 aromatic carbocycles. The molecule has 20 heavy (non-hydrogen) atoms. The molecule has 1 aromatic rings. The van der Waals surface area contributed by atoms with Crippen LogP contribution in [0, 0.1) is 11.7 Å². The maximum absolute atomic E-state index is 13.7. The highest BCUT2D eigenvalue weighted by Crippen LogP contribution is 2.24. The maximum atomic E-state index is 13.7. The molecule has 2 rings (SSSR count).